The Balaban J connectivity index is 1.76. The highest BCUT2D eigenvalue weighted by Gasteiger charge is 2.14. The van der Waals surface area contributed by atoms with Crippen LogP contribution in [0.25, 0.3) is 0 Å². The molecule has 1 aromatic heterocycles. The van der Waals surface area contributed by atoms with Gasteiger partial charge in [-0.3, -0.25) is 4.79 Å². The van der Waals surface area contributed by atoms with Crippen molar-refractivity contribution in [2.75, 3.05) is 11.1 Å². The second-order valence-electron chi connectivity index (χ2n) is 5.45. The van der Waals surface area contributed by atoms with Gasteiger partial charge in [0.2, 0.25) is 0 Å². The maximum Gasteiger partial charge on any atom is 0.256 e. The van der Waals surface area contributed by atoms with Crippen LogP contribution < -0.4 is 15.8 Å². The van der Waals surface area contributed by atoms with Gasteiger partial charge in [-0.2, -0.15) is 4.98 Å². The molecule has 0 unspecified atom stereocenters. The lowest BCUT2D eigenvalue weighted by atomic mass is 10.2. The van der Waals surface area contributed by atoms with Crippen LogP contribution >= 0.6 is 0 Å². The molecule has 0 atom stereocenters. The number of ether oxygens (including phenoxy) is 1. The predicted octanol–water partition coefficient (Wildman–Crippen LogP) is 3.77. The number of aromatic nitrogens is 1. The standard InChI is InChI=1S/C19H15F2N3O2/c20-14-8-6-12(7-9-14)11-26-19-15(21)10-16(22)17(24-19)23-18(25)13-4-2-1-3-5-13/h1-10H,11,22H2,(H,23,24,25). The first-order valence-electron chi connectivity index (χ1n) is 7.72. The first-order chi connectivity index (χ1) is 12.5. The Hall–Kier alpha value is -3.48. The summed E-state index contributed by atoms with van der Waals surface area (Å²) in [6, 6.07) is 15.1. The molecule has 3 N–H and O–H groups in total. The van der Waals surface area contributed by atoms with E-state index in [9.17, 15) is 13.6 Å². The average molecular weight is 355 g/mol. The Bertz CT molecular complexity index is 916. The Labute approximate surface area is 148 Å². The summed E-state index contributed by atoms with van der Waals surface area (Å²) in [5, 5.41) is 2.53. The third kappa shape index (κ3) is 4.13. The molecule has 0 aliphatic heterocycles. The van der Waals surface area contributed by atoms with E-state index >= 15 is 0 Å². The van der Waals surface area contributed by atoms with Crippen LogP contribution in [0.3, 0.4) is 0 Å². The number of benzene rings is 2. The van der Waals surface area contributed by atoms with E-state index in [4.69, 9.17) is 10.5 Å². The van der Waals surface area contributed by atoms with E-state index in [1.54, 1.807) is 30.3 Å². The molecule has 2 aromatic carbocycles. The lowest BCUT2D eigenvalue weighted by Crippen LogP contribution is -2.15. The minimum Gasteiger partial charge on any atom is -0.471 e. The van der Waals surface area contributed by atoms with E-state index in [0.717, 1.165) is 6.07 Å². The fourth-order valence-electron chi connectivity index (χ4n) is 2.19. The summed E-state index contributed by atoms with van der Waals surface area (Å²) in [5.41, 5.74) is 6.75. The number of amides is 1. The number of nitrogen functional groups attached to an aromatic ring is 1. The number of carbonyl (C=O) groups excluding carboxylic acids is 1. The first-order valence-corrected chi connectivity index (χ1v) is 7.72. The molecule has 0 spiro atoms. The first kappa shape index (κ1) is 17.3. The van der Waals surface area contributed by atoms with Gasteiger partial charge in [0, 0.05) is 11.6 Å². The Morgan fingerprint density at radius 1 is 1.08 bits per heavy atom. The van der Waals surface area contributed by atoms with Crippen LogP contribution in [0, 0.1) is 11.6 Å². The predicted molar refractivity (Wildman–Crippen MR) is 93.7 cm³/mol. The minimum atomic E-state index is -0.762. The summed E-state index contributed by atoms with van der Waals surface area (Å²) in [7, 11) is 0. The van der Waals surface area contributed by atoms with Gasteiger partial charge in [-0.25, -0.2) is 8.78 Å². The Morgan fingerprint density at radius 2 is 1.77 bits per heavy atom. The molecule has 3 rings (SSSR count). The summed E-state index contributed by atoms with van der Waals surface area (Å²) in [6.45, 7) is -0.0137. The third-order valence-electron chi connectivity index (χ3n) is 3.53. The van der Waals surface area contributed by atoms with Gasteiger partial charge < -0.3 is 15.8 Å². The van der Waals surface area contributed by atoms with Crippen LogP contribution in [-0.4, -0.2) is 10.9 Å². The van der Waals surface area contributed by atoms with Crippen molar-refractivity contribution in [1.82, 2.24) is 4.98 Å². The van der Waals surface area contributed by atoms with Gasteiger partial charge in [-0.15, -0.1) is 0 Å². The second kappa shape index (κ2) is 7.60. The second-order valence-corrected chi connectivity index (χ2v) is 5.45. The quantitative estimate of drug-likeness (QED) is 0.730. The number of hydrogen-bond donors (Lipinski definition) is 2. The summed E-state index contributed by atoms with van der Waals surface area (Å²) >= 11 is 0. The number of pyridine rings is 1. The summed E-state index contributed by atoms with van der Waals surface area (Å²) < 4.78 is 32.3. The highest BCUT2D eigenvalue weighted by Crippen LogP contribution is 2.25. The number of nitrogens with zero attached hydrogens (tertiary/aromatic N) is 1. The molecule has 26 heavy (non-hydrogen) atoms. The maximum absolute atomic E-state index is 14.0. The molecular formula is C19H15F2N3O2. The van der Waals surface area contributed by atoms with Crippen molar-refractivity contribution in [1.29, 1.82) is 0 Å². The molecule has 0 fully saturated rings. The molecular weight excluding hydrogens is 340 g/mol. The van der Waals surface area contributed by atoms with E-state index in [1.807, 2.05) is 0 Å². The zero-order chi connectivity index (χ0) is 18.5. The van der Waals surface area contributed by atoms with Gasteiger partial charge in [-0.05, 0) is 29.8 Å². The zero-order valence-electron chi connectivity index (χ0n) is 13.6. The smallest absolute Gasteiger partial charge is 0.256 e. The lowest BCUT2D eigenvalue weighted by molar-refractivity contribution is 0.102. The van der Waals surface area contributed by atoms with Gasteiger partial charge in [0.15, 0.2) is 11.6 Å². The van der Waals surface area contributed by atoms with Crippen LogP contribution in [0.5, 0.6) is 5.88 Å². The number of halogens is 2. The number of nitrogens with two attached hydrogens (primary N) is 1. The van der Waals surface area contributed by atoms with Crippen molar-refractivity contribution < 1.29 is 18.3 Å². The molecule has 0 bridgehead atoms. The van der Waals surface area contributed by atoms with Gasteiger partial charge in [0.05, 0.1) is 5.69 Å². The summed E-state index contributed by atoms with van der Waals surface area (Å²) in [5.74, 6) is -1.89. The van der Waals surface area contributed by atoms with Crippen LogP contribution in [0.2, 0.25) is 0 Å². The molecule has 0 aliphatic carbocycles. The topological polar surface area (TPSA) is 77.2 Å². The SMILES string of the molecule is Nc1cc(F)c(OCc2ccc(F)cc2)nc1NC(=O)c1ccccc1. The molecule has 3 aromatic rings. The number of carbonyl (C=O) groups is 1. The Morgan fingerprint density at radius 3 is 2.46 bits per heavy atom. The molecule has 132 valence electrons. The molecule has 0 aliphatic rings. The average Bonchev–Trinajstić information content (AvgIpc) is 2.65. The normalized spacial score (nSPS) is 10.4. The van der Waals surface area contributed by atoms with Crippen molar-refractivity contribution >= 4 is 17.4 Å². The van der Waals surface area contributed by atoms with Crippen molar-refractivity contribution in [2.24, 2.45) is 0 Å². The van der Waals surface area contributed by atoms with E-state index in [-0.39, 0.29) is 29.8 Å². The molecule has 1 amide bonds. The third-order valence-corrected chi connectivity index (χ3v) is 3.53. The van der Waals surface area contributed by atoms with E-state index in [2.05, 4.69) is 10.3 Å². The molecule has 0 radical (unpaired) electrons. The molecule has 0 saturated carbocycles. The Kier molecular flexibility index (Phi) is 5.07. The minimum absolute atomic E-state index is 0.00522. The van der Waals surface area contributed by atoms with Crippen LogP contribution in [-0.2, 0) is 6.61 Å². The zero-order valence-corrected chi connectivity index (χ0v) is 13.6. The fourth-order valence-corrected chi connectivity index (χ4v) is 2.19. The van der Waals surface area contributed by atoms with Crippen molar-refractivity contribution in [3.8, 4) is 5.88 Å². The molecule has 7 heteroatoms. The van der Waals surface area contributed by atoms with Crippen LogP contribution in [0.4, 0.5) is 20.3 Å². The van der Waals surface area contributed by atoms with Crippen LogP contribution in [0.15, 0.2) is 60.7 Å². The maximum atomic E-state index is 14.0. The summed E-state index contributed by atoms with van der Waals surface area (Å²) in [6.07, 6.45) is 0. The van der Waals surface area contributed by atoms with Crippen molar-refractivity contribution in [2.45, 2.75) is 6.61 Å². The van der Waals surface area contributed by atoms with Gasteiger partial charge in [0.25, 0.3) is 11.8 Å². The van der Waals surface area contributed by atoms with Gasteiger partial charge >= 0.3 is 0 Å². The van der Waals surface area contributed by atoms with Gasteiger partial charge in [-0.1, -0.05) is 30.3 Å². The van der Waals surface area contributed by atoms with Crippen LogP contribution in [0.1, 0.15) is 15.9 Å². The molecule has 1 heterocycles. The number of hydrogen-bond acceptors (Lipinski definition) is 4. The van der Waals surface area contributed by atoms with E-state index in [0.29, 0.717) is 11.1 Å². The molecule has 0 saturated heterocycles. The summed E-state index contributed by atoms with van der Waals surface area (Å²) in [4.78, 5) is 16.1. The highest BCUT2D eigenvalue weighted by atomic mass is 19.1. The van der Waals surface area contributed by atoms with E-state index in [1.165, 1.54) is 24.3 Å². The fraction of sp³-hybridized carbons (Fsp3) is 0.0526. The van der Waals surface area contributed by atoms with Crippen molar-refractivity contribution in [3.05, 3.63) is 83.4 Å². The van der Waals surface area contributed by atoms with Crippen molar-refractivity contribution in [3.63, 3.8) is 0 Å². The highest BCUT2D eigenvalue weighted by molar-refractivity contribution is 6.05. The van der Waals surface area contributed by atoms with Gasteiger partial charge in [0.1, 0.15) is 12.4 Å². The van der Waals surface area contributed by atoms with E-state index < -0.39 is 11.7 Å². The largest absolute Gasteiger partial charge is 0.471 e. The number of anilines is 2. The number of rotatable bonds is 5. The lowest BCUT2D eigenvalue weighted by Gasteiger charge is -2.11. The molecule has 5 nitrogen and oxygen atoms in total. The number of nitrogens with one attached hydrogen (secondary N) is 1. The monoisotopic (exact) mass is 355 g/mol.